The molecule has 0 fully saturated rings. The number of guanidine groups is 1. The monoisotopic (exact) mass is 422 g/mol. The highest BCUT2D eigenvalue weighted by Gasteiger charge is 2.22. The van der Waals surface area contributed by atoms with Crippen LogP contribution in [0.15, 0.2) is 66.2 Å². The number of rotatable bonds is 8. The van der Waals surface area contributed by atoms with E-state index in [-0.39, 0.29) is 18.5 Å². The zero-order valence-electron chi connectivity index (χ0n) is 18.1. The van der Waals surface area contributed by atoms with E-state index in [1.54, 1.807) is 25.1 Å². The topological polar surface area (TPSA) is 75.2 Å². The van der Waals surface area contributed by atoms with Crippen molar-refractivity contribution in [2.45, 2.75) is 19.0 Å². The molecule has 0 aliphatic carbocycles. The summed E-state index contributed by atoms with van der Waals surface area (Å²) in [5.74, 6) is 2.18. The summed E-state index contributed by atoms with van der Waals surface area (Å²) in [6.07, 6.45) is 2.52. The standard InChI is InChI=1S/C24H30N4O3/c1-4-14-30-21-11-7-5-9-18(21)16-25-24(26-17-23(29)28(2)3)27-20-13-15-31-22-12-8-6-10-19(20)22/h4-12,20H,1,13-17H2,2-3H3,(H2,25,26,27). The molecule has 2 N–H and O–H groups in total. The summed E-state index contributed by atoms with van der Waals surface area (Å²) in [5.41, 5.74) is 2.04. The maximum Gasteiger partial charge on any atom is 0.241 e. The molecule has 0 aromatic heterocycles. The van der Waals surface area contributed by atoms with Crippen molar-refractivity contribution in [1.82, 2.24) is 15.5 Å². The molecule has 7 heteroatoms. The van der Waals surface area contributed by atoms with Crippen LogP contribution in [0.4, 0.5) is 0 Å². The lowest BCUT2D eigenvalue weighted by molar-refractivity contribution is -0.127. The molecule has 1 aliphatic rings. The number of aliphatic imine (C=N–C) groups is 1. The number of hydrogen-bond acceptors (Lipinski definition) is 4. The van der Waals surface area contributed by atoms with E-state index >= 15 is 0 Å². The van der Waals surface area contributed by atoms with Gasteiger partial charge >= 0.3 is 0 Å². The third-order valence-corrected chi connectivity index (χ3v) is 4.91. The molecule has 0 bridgehead atoms. The molecule has 31 heavy (non-hydrogen) atoms. The highest BCUT2D eigenvalue weighted by Crippen LogP contribution is 2.31. The Bertz CT molecular complexity index is 927. The molecular formula is C24H30N4O3. The predicted octanol–water partition coefficient (Wildman–Crippen LogP) is 2.90. The van der Waals surface area contributed by atoms with Crippen molar-refractivity contribution >= 4 is 11.9 Å². The Morgan fingerprint density at radius 2 is 2.03 bits per heavy atom. The molecule has 1 heterocycles. The van der Waals surface area contributed by atoms with Gasteiger partial charge in [0.1, 0.15) is 18.1 Å². The Balaban J connectivity index is 1.78. The van der Waals surface area contributed by atoms with Crippen molar-refractivity contribution in [3.05, 3.63) is 72.3 Å². The number of hydrogen-bond donors (Lipinski definition) is 2. The quantitative estimate of drug-likeness (QED) is 0.389. The Labute approximate surface area is 183 Å². The summed E-state index contributed by atoms with van der Waals surface area (Å²) in [6, 6.07) is 15.8. The first-order valence-corrected chi connectivity index (χ1v) is 10.4. The molecule has 1 unspecified atom stereocenters. The first-order valence-electron chi connectivity index (χ1n) is 10.4. The number of ether oxygens (including phenoxy) is 2. The first kappa shape index (κ1) is 22.2. The van der Waals surface area contributed by atoms with Gasteiger partial charge in [0.05, 0.1) is 25.7 Å². The zero-order valence-corrected chi connectivity index (χ0v) is 18.1. The van der Waals surface area contributed by atoms with Gasteiger partial charge in [-0.25, -0.2) is 4.99 Å². The Hall–Kier alpha value is -3.48. The number of nitrogens with zero attached hydrogens (tertiary/aromatic N) is 2. The van der Waals surface area contributed by atoms with Crippen molar-refractivity contribution in [3.8, 4) is 11.5 Å². The van der Waals surface area contributed by atoms with E-state index in [1.165, 1.54) is 0 Å². The van der Waals surface area contributed by atoms with Crippen LogP contribution in [0.1, 0.15) is 23.6 Å². The minimum Gasteiger partial charge on any atom is -0.493 e. The predicted molar refractivity (Wildman–Crippen MR) is 122 cm³/mol. The van der Waals surface area contributed by atoms with Crippen LogP contribution >= 0.6 is 0 Å². The summed E-state index contributed by atoms with van der Waals surface area (Å²) < 4.78 is 11.5. The van der Waals surface area contributed by atoms with Crippen LogP contribution in [0.3, 0.4) is 0 Å². The average Bonchev–Trinajstić information content (AvgIpc) is 2.79. The minimum absolute atomic E-state index is 0.0309. The van der Waals surface area contributed by atoms with Gasteiger partial charge in [-0.15, -0.1) is 0 Å². The molecule has 2 aromatic rings. The fraction of sp³-hybridized carbons (Fsp3) is 0.333. The number of carbonyl (C=O) groups excluding carboxylic acids is 1. The van der Waals surface area contributed by atoms with E-state index < -0.39 is 0 Å². The lowest BCUT2D eigenvalue weighted by atomic mass is 10.0. The normalized spacial score (nSPS) is 15.3. The average molecular weight is 423 g/mol. The lowest BCUT2D eigenvalue weighted by Crippen LogP contribution is -2.45. The van der Waals surface area contributed by atoms with Gasteiger partial charge in [0.2, 0.25) is 5.91 Å². The maximum atomic E-state index is 12.1. The molecule has 0 radical (unpaired) electrons. The van der Waals surface area contributed by atoms with Crippen LogP contribution in [0.25, 0.3) is 0 Å². The van der Waals surface area contributed by atoms with Crippen molar-refractivity contribution in [2.24, 2.45) is 4.99 Å². The van der Waals surface area contributed by atoms with Crippen LogP contribution in [-0.4, -0.2) is 50.6 Å². The minimum atomic E-state index is -0.0309. The number of amides is 1. The number of carbonyl (C=O) groups is 1. The summed E-state index contributed by atoms with van der Waals surface area (Å²) in [6.45, 7) is 5.31. The van der Waals surface area contributed by atoms with E-state index in [2.05, 4.69) is 17.2 Å². The number of benzene rings is 2. The Morgan fingerprint density at radius 3 is 2.84 bits per heavy atom. The second-order valence-corrected chi connectivity index (χ2v) is 7.39. The van der Waals surface area contributed by atoms with Crippen LogP contribution in [-0.2, 0) is 11.3 Å². The lowest BCUT2D eigenvalue weighted by Gasteiger charge is -2.28. The van der Waals surface area contributed by atoms with Gasteiger partial charge in [0.15, 0.2) is 5.96 Å². The molecular weight excluding hydrogens is 392 g/mol. The third-order valence-electron chi connectivity index (χ3n) is 4.91. The van der Waals surface area contributed by atoms with Crippen LogP contribution in [0.2, 0.25) is 0 Å². The molecule has 1 amide bonds. The van der Waals surface area contributed by atoms with Crippen LogP contribution in [0, 0.1) is 0 Å². The van der Waals surface area contributed by atoms with Gasteiger partial charge < -0.3 is 25.0 Å². The van der Waals surface area contributed by atoms with E-state index in [1.807, 2.05) is 48.5 Å². The third kappa shape index (κ3) is 6.25. The van der Waals surface area contributed by atoms with Gasteiger partial charge in [-0.1, -0.05) is 49.1 Å². The Kier molecular flexibility index (Phi) is 7.92. The summed E-state index contributed by atoms with van der Waals surface area (Å²) in [4.78, 5) is 18.4. The maximum absolute atomic E-state index is 12.1. The number of fused-ring (bicyclic) bond motifs is 1. The molecule has 0 saturated heterocycles. The molecule has 7 nitrogen and oxygen atoms in total. The molecule has 164 valence electrons. The van der Waals surface area contributed by atoms with Crippen molar-refractivity contribution in [2.75, 3.05) is 33.9 Å². The molecule has 1 aliphatic heterocycles. The van der Waals surface area contributed by atoms with E-state index in [0.717, 1.165) is 29.0 Å². The van der Waals surface area contributed by atoms with E-state index in [4.69, 9.17) is 14.5 Å². The van der Waals surface area contributed by atoms with E-state index in [9.17, 15) is 4.79 Å². The second kappa shape index (κ2) is 11.1. The summed E-state index contributed by atoms with van der Waals surface area (Å²) >= 11 is 0. The SMILES string of the molecule is C=CCOc1ccccc1CN=C(NCC(=O)N(C)C)NC1CCOc2ccccc21. The smallest absolute Gasteiger partial charge is 0.241 e. The van der Waals surface area contributed by atoms with Crippen molar-refractivity contribution < 1.29 is 14.3 Å². The molecule has 0 spiro atoms. The van der Waals surface area contributed by atoms with Gasteiger partial charge in [-0.3, -0.25) is 4.79 Å². The van der Waals surface area contributed by atoms with Crippen molar-refractivity contribution in [1.29, 1.82) is 0 Å². The fourth-order valence-electron chi connectivity index (χ4n) is 3.22. The zero-order chi connectivity index (χ0) is 22.1. The second-order valence-electron chi connectivity index (χ2n) is 7.39. The molecule has 2 aromatic carbocycles. The largest absolute Gasteiger partial charge is 0.493 e. The summed E-state index contributed by atoms with van der Waals surface area (Å²) in [7, 11) is 3.46. The molecule has 3 rings (SSSR count). The van der Waals surface area contributed by atoms with Gasteiger partial charge in [-0.2, -0.15) is 0 Å². The van der Waals surface area contributed by atoms with Gasteiger partial charge in [0.25, 0.3) is 0 Å². The first-order chi connectivity index (χ1) is 15.1. The van der Waals surface area contributed by atoms with Crippen LogP contribution < -0.4 is 20.1 Å². The number of likely N-dealkylation sites (N-methyl/N-ethyl adjacent to an activating group) is 1. The molecule has 0 saturated carbocycles. The van der Waals surface area contributed by atoms with Gasteiger partial charge in [-0.05, 0) is 12.1 Å². The van der Waals surface area contributed by atoms with Crippen LogP contribution in [0.5, 0.6) is 11.5 Å². The Morgan fingerprint density at radius 1 is 1.26 bits per heavy atom. The highest BCUT2D eigenvalue weighted by atomic mass is 16.5. The summed E-state index contributed by atoms with van der Waals surface area (Å²) in [5, 5.41) is 6.63. The van der Waals surface area contributed by atoms with E-state index in [0.29, 0.717) is 25.7 Å². The number of para-hydroxylation sites is 2. The van der Waals surface area contributed by atoms with Crippen molar-refractivity contribution in [3.63, 3.8) is 0 Å². The highest BCUT2D eigenvalue weighted by molar-refractivity contribution is 5.86. The fourth-order valence-corrected chi connectivity index (χ4v) is 3.22. The van der Waals surface area contributed by atoms with Gasteiger partial charge in [0, 0.05) is 31.6 Å². The molecule has 1 atom stereocenters. The number of nitrogens with one attached hydrogen (secondary N) is 2.